The molecule has 0 atom stereocenters. The van der Waals surface area contributed by atoms with E-state index < -0.39 is 9.84 Å². The monoisotopic (exact) mass is 282 g/mol. The minimum atomic E-state index is -2.98. The van der Waals surface area contributed by atoms with Crippen molar-refractivity contribution < 1.29 is 8.42 Å². The van der Waals surface area contributed by atoms with Gasteiger partial charge < -0.3 is 0 Å². The Labute approximate surface area is 118 Å². The number of hydrogen-bond acceptors (Lipinski definition) is 2. The first-order valence-corrected chi connectivity index (χ1v) is 8.72. The second-order valence-electron chi connectivity index (χ2n) is 6.72. The maximum absolute atomic E-state index is 12.0. The van der Waals surface area contributed by atoms with Gasteiger partial charge in [0.25, 0.3) is 0 Å². The van der Waals surface area contributed by atoms with Gasteiger partial charge in [0.05, 0.1) is 11.5 Å². The van der Waals surface area contributed by atoms with Crippen LogP contribution in [0.15, 0.2) is 24.3 Å². The van der Waals surface area contributed by atoms with Gasteiger partial charge in [0, 0.05) is 0 Å². The first kappa shape index (κ1) is 16.2. The lowest BCUT2D eigenvalue weighted by Gasteiger charge is -2.19. The molecule has 0 radical (unpaired) electrons. The molecule has 19 heavy (non-hydrogen) atoms. The van der Waals surface area contributed by atoms with Crippen LogP contribution in [0.3, 0.4) is 0 Å². The quantitative estimate of drug-likeness (QED) is 0.819. The molecule has 1 aromatic rings. The van der Waals surface area contributed by atoms with Crippen molar-refractivity contribution in [3.63, 3.8) is 0 Å². The van der Waals surface area contributed by atoms with Gasteiger partial charge in [0.1, 0.15) is 0 Å². The second kappa shape index (κ2) is 6.08. The Kier molecular flexibility index (Phi) is 5.19. The van der Waals surface area contributed by atoms with E-state index in [1.807, 2.05) is 38.1 Å². The van der Waals surface area contributed by atoms with E-state index >= 15 is 0 Å². The van der Waals surface area contributed by atoms with Crippen LogP contribution in [0, 0.1) is 5.92 Å². The van der Waals surface area contributed by atoms with Crippen molar-refractivity contribution in [2.75, 3.05) is 5.75 Å². The molecule has 0 aliphatic rings. The lowest BCUT2D eigenvalue weighted by Crippen LogP contribution is -2.13. The van der Waals surface area contributed by atoms with Crippen LogP contribution in [0.1, 0.15) is 52.2 Å². The Morgan fingerprint density at radius 3 is 2.00 bits per heavy atom. The van der Waals surface area contributed by atoms with Gasteiger partial charge in [-0.25, -0.2) is 8.42 Å². The molecule has 3 heteroatoms. The minimum absolute atomic E-state index is 0.106. The lowest BCUT2D eigenvalue weighted by molar-refractivity contribution is 0.573. The van der Waals surface area contributed by atoms with Crippen LogP contribution in [-0.2, 0) is 21.0 Å². The summed E-state index contributed by atoms with van der Waals surface area (Å²) >= 11 is 0. The van der Waals surface area contributed by atoms with Gasteiger partial charge in [0.2, 0.25) is 0 Å². The molecule has 1 aromatic carbocycles. The summed E-state index contributed by atoms with van der Waals surface area (Å²) in [4.78, 5) is 0. The van der Waals surface area contributed by atoms with Gasteiger partial charge in [-0.1, -0.05) is 58.9 Å². The summed E-state index contributed by atoms with van der Waals surface area (Å²) < 4.78 is 24.0. The molecule has 0 heterocycles. The van der Waals surface area contributed by atoms with E-state index in [4.69, 9.17) is 0 Å². The highest BCUT2D eigenvalue weighted by atomic mass is 32.2. The van der Waals surface area contributed by atoms with Crippen LogP contribution in [0.4, 0.5) is 0 Å². The van der Waals surface area contributed by atoms with Crippen molar-refractivity contribution >= 4 is 9.84 Å². The van der Waals surface area contributed by atoms with Crippen molar-refractivity contribution in [3.8, 4) is 0 Å². The molecule has 108 valence electrons. The Balaban J connectivity index is 2.73. The zero-order chi connectivity index (χ0) is 14.7. The molecule has 2 nitrogen and oxygen atoms in total. The van der Waals surface area contributed by atoms with Crippen LogP contribution < -0.4 is 0 Å². The average Bonchev–Trinajstić information content (AvgIpc) is 2.25. The van der Waals surface area contributed by atoms with Gasteiger partial charge in [-0.3, -0.25) is 0 Å². The smallest absolute Gasteiger partial charge is 0.154 e. The molecule has 0 aromatic heterocycles. The first-order chi connectivity index (χ1) is 8.60. The molecule has 0 bridgehead atoms. The summed E-state index contributed by atoms with van der Waals surface area (Å²) in [5.74, 6) is 0.869. The van der Waals surface area contributed by atoms with Crippen LogP contribution in [0.25, 0.3) is 0 Å². The highest BCUT2D eigenvalue weighted by Gasteiger charge is 2.15. The predicted octanol–water partition coefficient (Wildman–Crippen LogP) is 3.95. The molecule has 0 fully saturated rings. The van der Waals surface area contributed by atoms with Gasteiger partial charge in [-0.05, 0) is 28.9 Å². The fraction of sp³-hybridized carbons (Fsp3) is 0.625. The van der Waals surface area contributed by atoms with E-state index in [9.17, 15) is 8.42 Å². The Hall–Kier alpha value is -0.830. The molecular formula is C16H26O2S. The number of sulfone groups is 1. The van der Waals surface area contributed by atoms with Crippen LogP contribution in [0.2, 0.25) is 0 Å². The summed E-state index contributed by atoms with van der Waals surface area (Å²) in [6, 6.07) is 7.95. The molecular weight excluding hydrogens is 256 g/mol. The van der Waals surface area contributed by atoms with Crippen LogP contribution in [-0.4, -0.2) is 14.2 Å². The lowest BCUT2D eigenvalue weighted by atomic mass is 9.87. The highest BCUT2D eigenvalue weighted by Crippen LogP contribution is 2.22. The predicted molar refractivity (Wildman–Crippen MR) is 82.1 cm³/mol. The third-order valence-corrected chi connectivity index (χ3v) is 4.84. The third kappa shape index (κ3) is 5.77. The summed E-state index contributed by atoms with van der Waals surface area (Å²) in [5, 5.41) is 0. The maximum Gasteiger partial charge on any atom is 0.154 e. The standard InChI is InChI=1S/C16H26O2S/c1-13(2)10-11-19(17,18)12-14-6-8-15(9-7-14)16(3,4)5/h6-9,13H,10-12H2,1-5H3. The fourth-order valence-electron chi connectivity index (χ4n) is 1.84. The van der Waals surface area contributed by atoms with Crippen molar-refractivity contribution in [3.05, 3.63) is 35.4 Å². The van der Waals surface area contributed by atoms with E-state index in [0.717, 1.165) is 12.0 Å². The molecule has 0 aliphatic carbocycles. The average molecular weight is 282 g/mol. The van der Waals surface area contributed by atoms with E-state index in [-0.39, 0.29) is 16.9 Å². The summed E-state index contributed by atoms with van der Waals surface area (Å²) in [5.41, 5.74) is 2.22. The molecule has 0 N–H and O–H groups in total. The van der Waals surface area contributed by atoms with Crippen molar-refractivity contribution in [2.24, 2.45) is 5.92 Å². The summed E-state index contributed by atoms with van der Waals surface area (Å²) in [6.07, 6.45) is 0.739. The van der Waals surface area contributed by atoms with E-state index in [1.165, 1.54) is 5.56 Å². The normalized spacial score (nSPS) is 12.9. The van der Waals surface area contributed by atoms with Gasteiger partial charge in [-0.2, -0.15) is 0 Å². The van der Waals surface area contributed by atoms with Gasteiger partial charge in [-0.15, -0.1) is 0 Å². The first-order valence-electron chi connectivity index (χ1n) is 6.90. The van der Waals surface area contributed by atoms with Crippen molar-refractivity contribution in [2.45, 2.75) is 52.2 Å². The van der Waals surface area contributed by atoms with Crippen LogP contribution >= 0.6 is 0 Å². The highest BCUT2D eigenvalue weighted by molar-refractivity contribution is 7.90. The summed E-state index contributed by atoms with van der Waals surface area (Å²) in [6.45, 7) is 10.6. The van der Waals surface area contributed by atoms with Gasteiger partial charge in [0.15, 0.2) is 9.84 Å². The number of benzene rings is 1. The third-order valence-electron chi connectivity index (χ3n) is 3.21. The minimum Gasteiger partial charge on any atom is -0.228 e. The largest absolute Gasteiger partial charge is 0.228 e. The van der Waals surface area contributed by atoms with Crippen molar-refractivity contribution in [1.82, 2.24) is 0 Å². The molecule has 0 spiro atoms. The van der Waals surface area contributed by atoms with E-state index in [0.29, 0.717) is 5.92 Å². The molecule has 0 saturated heterocycles. The Bertz CT molecular complexity index is 491. The molecule has 0 aliphatic heterocycles. The Morgan fingerprint density at radius 1 is 1.05 bits per heavy atom. The molecule has 0 amide bonds. The van der Waals surface area contributed by atoms with E-state index in [1.54, 1.807) is 0 Å². The van der Waals surface area contributed by atoms with Crippen LogP contribution in [0.5, 0.6) is 0 Å². The Morgan fingerprint density at radius 2 is 1.58 bits per heavy atom. The van der Waals surface area contributed by atoms with E-state index in [2.05, 4.69) is 20.8 Å². The zero-order valence-corrected chi connectivity index (χ0v) is 13.5. The fourth-order valence-corrected chi connectivity index (χ4v) is 3.52. The van der Waals surface area contributed by atoms with Crippen molar-refractivity contribution in [1.29, 1.82) is 0 Å². The number of hydrogen-bond donors (Lipinski definition) is 0. The second-order valence-corrected chi connectivity index (χ2v) is 8.91. The zero-order valence-electron chi connectivity index (χ0n) is 12.7. The SMILES string of the molecule is CC(C)CCS(=O)(=O)Cc1ccc(C(C)(C)C)cc1. The molecule has 0 saturated carbocycles. The topological polar surface area (TPSA) is 34.1 Å². The molecule has 0 unspecified atom stereocenters. The molecule has 1 rings (SSSR count). The summed E-state index contributed by atoms with van der Waals surface area (Å²) in [7, 11) is -2.98. The number of rotatable bonds is 5. The van der Waals surface area contributed by atoms with Gasteiger partial charge >= 0.3 is 0 Å². The maximum atomic E-state index is 12.0.